The van der Waals surface area contributed by atoms with E-state index in [1.807, 2.05) is 12.1 Å². The van der Waals surface area contributed by atoms with Crippen molar-refractivity contribution < 1.29 is 9.21 Å². The van der Waals surface area contributed by atoms with E-state index in [0.29, 0.717) is 36.0 Å². The lowest BCUT2D eigenvalue weighted by molar-refractivity contribution is -0.121. The molecule has 1 heterocycles. The number of nitrogens with zero attached hydrogens (tertiary/aromatic N) is 2. The number of carbonyl (C=O) groups excluding carboxylic acids is 1. The highest BCUT2D eigenvalue weighted by atomic mass is 35.5. The molecule has 5 rings (SSSR count). The summed E-state index contributed by atoms with van der Waals surface area (Å²) in [6, 6.07) is 7.93. The van der Waals surface area contributed by atoms with Crippen molar-refractivity contribution in [2.45, 2.75) is 76.0 Å². The van der Waals surface area contributed by atoms with Crippen molar-refractivity contribution in [3.63, 3.8) is 0 Å². The molecular formula is C24H30ClN3O2. The first-order valence-electron chi connectivity index (χ1n) is 11.5. The van der Waals surface area contributed by atoms with Crippen molar-refractivity contribution in [3.05, 3.63) is 46.6 Å². The summed E-state index contributed by atoms with van der Waals surface area (Å²) in [5, 5.41) is 12.4. The van der Waals surface area contributed by atoms with Gasteiger partial charge in [0.2, 0.25) is 17.7 Å². The Kier molecular flexibility index (Phi) is 5.34. The number of amides is 1. The number of benzene rings is 1. The summed E-state index contributed by atoms with van der Waals surface area (Å²) >= 11 is 6.05. The van der Waals surface area contributed by atoms with Crippen LogP contribution in [0.1, 0.15) is 81.6 Å². The van der Waals surface area contributed by atoms with Gasteiger partial charge >= 0.3 is 0 Å². The fourth-order valence-electron chi connectivity index (χ4n) is 5.61. The summed E-state index contributed by atoms with van der Waals surface area (Å²) in [6.45, 7) is 0.827. The third kappa shape index (κ3) is 3.77. The van der Waals surface area contributed by atoms with Gasteiger partial charge in [-0.25, -0.2) is 0 Å². The van der Waals surface area contributed by atoms with Gasteiger partial charge in [-0.1, -0.05) is 49.4 Å². The van der Waals surface area contributed by atoms with Gasteiger partial charge in [0, 0.05) is 24.4 Å². The number of aromatic nitrogens is 2. The second kappa shape index (κ2) is 7.99. The molecular weight excluding hydrogens is 398 g/mol. The summed E-state index contributed by atoms with van der Waals surface area (Å²) in [7, 11) is 0. The van der Waals surface area contributed by atoms with Crippen LogP contribution in [0.3, 0.4) is 0 Å². The lowest BCUT2D eigenvalue weighted by Gasteiger charge is -2.39. The first kappa shape index (κ1) is 20.0. The smallest absolute Gasteiger partial charge is 0.227 e. The number of aryl methyl sites for hydroxylation is 1. The molecule has 3 aliphatic carbocycles. The standard InChI is InChI=1S/C24H30ClN3O2/c25-19-7-5-17(6-8-19)24(13-4-14-24)22-28-27-21(30-22)10-9-20(29)26-16-18-15-23(18)11-2-1-3-12-23/h5-8,18H,1-4,9-16H2,(H,26,29)/t18-/m1/s1. The Morgan fingerprint density at radius 1 is 1.07 bits per heavy atom. The molecule has 1 aromatic heterocycles. The van der Waals surface area contributed by atoms with E-state index in [0.717, 1.165) is 30.8 Å². The zero-order chi connectivity index (χ0) is 20.6. The Balaban J connectivity index is 1.14. The average Bonchev–Trinajstić information content (AvgIpc) is 3.16. The lowest BCUT2D eigenvalue weighted by Crippen LogP contribution is -2.35. The van der Waals surface area contributed by atoms with Crippen molar-refractivity contribution >= 4 is 17.5 Å². The molecule has 3 aliphatic rings. The van der Waals surface area contributed by atoms with Gasteiger partial charge in [0.25, 0.3) is 0 Å². The molecule has 3 fully saturated rings. The van der Waals surface area contributed by atoms with Crippen LogP contribution in [0.2, 0.25) is 5.02 Å². The highest BCUT2D eigenvalue weighted by molar-refractivity contribution is 6.30. The quantitative estimate of drug-likeness (QED) is 0.658. The monoisotopic (exact) mass is 427 g/mol. The van der Waals surface area contributed by atoms with E-state index in [1.54, 1.807) is 0 Å². The van der Waals surface area contributed by atoms with Crippen LogP contribution in [0.4, 0.5) is 0 Å². The fourth-order valence-corrected chi connectivity index (χ4v) is 5.73. The minimum Gasteiger partial charge on any atom is -0.424 e. The minimum atomic E-state index is -0.196. The second-order valence-corrected chi connectivity index (χ2v) is 10.0. The van der Waals surface area contributed by atoms with E-state index in [2.05, 4.69) is 27.6 Å². The van der Waals surface area contributed by atoms with E-state index in [-0.39, 0.29) is 11.3 Å². The molecule has 0 aliphatic heterocycles. The maximum absolute atomic E-state index is 12.3. The van der Waals surface area contributed by atoms with Crippen LogP contribution in [-0.2, 0) is 16.6 Å². The van der Waals surface area contributed by atoms with Crippen LogP contribution in [0, 0.1) is 11.3 Å². The number of rotatable bonds is 7. The Morgan fingerprint density at radius 2 is 1.83 bits per heavy atom. The van der Waals surface area contributed by atoms with Gasteiger partial charge in [-0.15, -0.1) is 10.2 Å². The van der Waals surface area contributed by atoms with Crippen LogP contribution < -0.4 is 5.32 Å². The summed E-state index contributed by atoms with van der Waals surface area (Å²) < 4.78 is 6.02. The molecule has 160 valence electrons. The van der Waals surface area contributed by atoms with Crippen molar-refractivity contribution in [3.8, 4) is 0 Å². The molecule has 30 heavy (non-hydrogen) atoms. The zero-order valence-electron chi connectivity index (χ0n) is 17.5. The van der Waals surface area contributed by atoms with E-state index in [9.17, 15) is 4.79 Å². The molecule has 0 bridgehead atoms. The van der Waals surface area contributed by atoms with Gasteiger partial charge in [-0.05, 0) is 61.1 Å². The number of nitrogens with one attached hydrogen (secondary N) is 1. The topological polar surface area (TPSA) is 68.0 Å². The third-order valence-corrected chi connectivity index (χ3v) is 8.05. The minimum absolute atomic E-state index is 0.0867. The molecule has 6 heteroatoms. The van der Waals surface area contributed by atoms with Gasteiger partial charge in [-0.2, -0.15) is 0 Å². The predicted octanol–water partition coefficient (Wildman–Crippen LogP) is 5.21. The second-order valence-electron chi connectivity index (χ2n) is 9.57. The van der Waals surface area contributed by atoms with Gasteiger partial charge < -0.3 is 9.73 Å². The maximum atomic E-state index is 12.3. The van der Waals surface area contributed by atoms with Crippen LogP contribution in [0.5, 0.6) is 0 Å². The van der Waals surface area contributed by atoms with E-state index in [4.69, 9.17) is 16.0 Å². The first-order valence-corrected chi connectivity index (χ1v) is 11.8. The molecule has 0 unspecified atom stereocenters. The number of hydrogen-bond donors (Lipinski definition) is 1. The lowest BCUT2D eigenvalue weighted by atomic mass is 9.64. The molecule has 3 saturated carbocycles. The normalized spacial score (nSPS) is 23.7. The van der Waals surface area contributed by atoms with Crippen LogP contribution in [-0.4, -0.2) is 22.6 Å². The van der Waals surface area contributed by atoms with Gasteiger partial charge in [0.15, 0.2) is 0 Å². The number of halogens is 1. The van der Waals surface area contributed by atoms with Crippen LogP contribution in [0.15, 0.2) is 28.7 Å². The highest BCUT2D eigenvalue weighted by Gasteiger charge is 2.53. The zero-order valence-corrected chi connectivity index (χ0v) is 18.2. The van der Waals surface area contributed by atoms with E-state index in [1.165, 1.54) is 44.1 Å². The maximum Gasteiger partial charge on any atom is 0.227 e. The predicted molar refractivity (Wildman–Crippen MR) is 115 cm³/mol. The number of hydrogen-bond acceptors (Lipinski definition) is 4. The first-order chi connectivity index (χ1) is 14.6. The van der Waals surface area contributed by atoms with E-state index >= 15 is 0 Å². The molecule has 1 amide bonds. The SMILES string of the molecule is O=C(CCc1nnc(C2(c3ccc(Cl)cc3)CCC2)o1)NC[C@H]1CC12CCCCC2. The van der Waals surface area contributed by atoms with Crippen molar-refractivity contribution in [2.75, 3.05) is 6.54 Å². The van der Waals surface area contributed by atoms with Gasteiger partial charge in [0.1, 0.15) is 0 Å². The Hall–Kier alpha value is -1.88. The largest absolute Gasteiger partial charge is 0.424 e. The Bertz CT molecular complexity index is 897. The van der Waals surface area contributed by atoms with Crippen molar-refractivity contribution in [1.82, 2.24) is 15.5 Å². The molecule has 1 aromatic carbocycles. The summed E-state index contributed by atoms with van der Waals surface area (Å²) in [4.78, 5) is 12.3. The molecule has 5 nitrogen and oxygen atoms in total. The van der Waals surface area contributed by atoms with Gasteiger partial charge in [0.05, 0.1) is 5.41 Å². The molecule has 1 N–H and O–H groups in total. The molecule has 0 radical (unpaired) electrons. The summed E-state index contributed by atoms with van der Waals surface area (Å²) in [5.74, 6) is 2.00. The third-order valence-electron chi connectivity index (χ3n) is 7.80. The molecule has 1 spiro atoms. The highest BCUT2D eigenvalue weighted by Crippen LogP contribution is 2.61. The van der Waals surface area contributed by atoms with Crippen LogP contribution >= 0.6 is 11.6 Å². The Morgan fingerprint density at radius 3 is 2.53 bits per heavy atom. The summed E-state index contributed by atoms with van der Waals surface area (Å²) in [5.41, 5.74) is 1.54. The molecule has 2 aromatic rings. The van der Waals surface area contributed by atoms with Crippen LogP contribution in [0.25, 0.3) is 0 Å². The number of carbonyl (C=O) groups is 1. The van der Waals surface area contributed by atoms with E-state index < -0.39 is 0 Å². The van der Waals surface area contributed by atoms with Crippen molar-refractivity contribution in [2.24, 2.45) is 11.3 Å². The summed E-state index contributed by atoms with van der Waals surface area (Å²) in [6.07, 6.45) is 12.1. The Labute approximate surface area is 183 Å². The van der Waals surface area contributed by atoms with Crippen molar-refractivity contribution in [1.29, 1.82) is 0 Å². The van der Waals surface area contributed by atoms with Gasteiger partial charge in [-0.3, -0.25) is 4.79 Å². The average molecular weight is 428 g/mol. The molecule has 0 saturated heterocycles. The molecule has 1 atom stereocenters. The fraction of sp³-hybridized carbons (Fsp3) is 0.625.